The molecule has 104 valence electrons. The SMILES string of the molecule is Cc1nn(Cc2cc(CNC(C)C)co2)c(C)c1Cl. The van der Waals surface area contributed by atoms with Gasteiger partial charge in [-0.1, -0.05) is 25.4 Å². The second-order valence-corrected chi connectivity index (χ2v) is 5.48. The second-order valence-electron chi connectivity index (χ2n) is 5.10. The van der Waals surface area contributed by atoms with E-state index in [0.717, 1.165) is 34.3 Å². The van der Waals surface area contributed by atoms with Gasteiger partial charge >= 0.3 is 0 Å². The maximum absolute atomic E-state index is 6.13. The standard InChI is InChI=1S/C14H20ClN3O/c1-9(2)16-6-12-5-13(19-8-12)7-18-11(4)14(15)10(3)17-18/h5,8-9,16H,6-7H2,1-4H3. The Bertz CT molecular complexity index is 557. The third-order valence-corrected chi connectivity index (χ3v) is 3.57. The van der Waals surface area contributed by atoms with Crippen molar-refractivity contribution in [3.8, 4) is 0 Å². The summed E-state index contributed by atoms with van der Waals surface area (Å²) in [7, 11) is 0. The lowest BCUT2D eigenvalue weighted by atomic mass is 10.3. The predicted octanol–water partition coefficient (Wildman–Crippen LogP) is 3.29. The zero-order valence-corrected chi connectivity index (χ0v) is 12.6. The highest BCUT2D eigenvalue weighted by Gasteiger charge is 2.11. The summed E-state index contributed by atoms with van der Waals surface area (Å²) in [6.07, 6.45) is 1.79. The summed E-state index contributed by atoms with van der Waals surface area (Å²) in [6.45, 7) is 9.55. The maximum atomic E-state index is 6.13. The summed E-state index contributed by atoms with van der Waals surface area (Å²) in [5.41, 5.74) is 2.97. The molecule has 19 heavy (non-hydrogen) atoms. The molecule has 0 bridgehead atoms. The Morgan fingerprint density at radius 3 is 2.74 bits per heavy atom. The van der Waals surface area contributed by atoms with Crippen LogP contribution >= 0.6 is 11.6 Å². The largest absolute Gasteiger partial charge is 0.467 e. The number of halogens is 1. The van der Waals surface area contributed by atoms with Crippen molar-refractivity contribution in [2.24, 2.45) is 0 Å². The molecule has 1 N–H and O–H groups in total. The van der Waals surface area contributed by atoms with Gasteiger partial charge in [-0.2, -0.15) is 5.10 Å². The van der Waals surface area contributed by atoms with Crippen LogP contribution in [0.15, 0.2) is 16.7 Å². The minimum Gasteiger partial charge on any atom is -0.467 e. The molecule has 0 fully saturated rings. The van der Waals surface area contributed by atoms with Crippen LogP contribution in [-0.4, -0.2) is 15.8 Å². The molecule has 0 aliphatic rings. The first-order valence-corrected chi connectivity index (χ1v) is 6.84. The van der Waals surface area contributed by atoms with Gasteiger partial charge in [0, 0.05) is 18.2 Å². The molecular formula is C14H20ClN3O. The lowest BCUT2D eigenvalue weighted by Gasteiger charge is -2.04. The molecule has 4 nitrogen and oxygen atoms in total. The molecular weight excluding hydrogens is 262 g/mol. The number of hydrogen-bond donors (Lipinski definition) is 1. The van der Waals surface area contributed by atoms with Crippen molar-refractivity contribution in [2.75, 3.05) is 0 Å². The predicted molar refractivity (Wildman–Crippen MR) is 76.5 cm³/mol. The molecule has 2 aromatic heterocycles. The van der Waals surface area contributed by atoms with Gasteiger partial charge in [0.05, 0.1) is 29.2 Å². The van der Waals surface area contributed by atoms with Crippen LogP contribution < -0.4 is 5.32 Å². The highest BCUT2D eigenvalue weighted by molar-refractivity contribution is 6.31. The van der Waals surface area contributed by atoms with E-state index >= 15 is 0 Å². The van der Waals surface area contributed by atoms with Crippen LogP contribution in [0.2, 0.25) is 5.02 Å². The molecule has 2 rings (SSSR count). The van der Waals surface area contributed by atoms with E-state index in [1.165, 1.54) is 0 Å². The van der Waals surface area contributed by atoms with Crippen molar-refractivity contribution in [3.63, 3.8) is 0 Å². The van der Waals surface area contributed by atoms with E-state index < -0.39 is 0 Å². The third kappa shape index (κ3) is 3.39. The van der Waals surface area contributed by atoms with Crippen LogP contribution in [0, 0.1) is 13.8 Å². The van der Waals surface area contributed by atoms with Crippen LogP contribution in [0.3, 0.4) is 0 Å². The Morgan fingerprint density at radius 1 is 1.42 bits per heavy atom. The average molecular weight is 282 g/mol. The number of hydrogen-bond acceptors (Lipinski definition) is 3. The molecule has 5 heteroatoms. The Hall–Kier alpha value is -1.26. The van der Waals surface area contributed by atoms with Crippen molar-refractivity contribution in [3.05, 3.63) is 40.1 Å². The van der Waals surface area contributed by atoms with Gasteiger partial charge in [-0.15, -0.1) is 0 Å². The van der Waals surface area contributed by atoms with Gasteiger partial charge in [0.2, 0.25) is 0 Å². The minimum absolute atomic E-state index is 0.466. The van der Waals surface area contributed by atoms with E-state index in [1.807, 2.05) is 18.5 Å². The lowest BCUT2D eigenvalue weighted by molar-refractivity contribution is 0.473. The van der Waals surface area contributed by atoms with Gasteiger partial charge < -0.3 is 9.73 Å². The van der Waals surface area contributed by atoms with Crippen molar-refractivity contribution < 1.29 is 4.42 Å². The van der Waals surface area contributed by atoms with Crippen LogP contribution in [0.1, 0.15) is 36.6 Å². The number of aryl methyl sites for hydroxylation is 1. The van der Waals surface area contributed by atoms with Crippen LogP contribution in [0.4, 0.5) is 0 Å². The molecule has 0 aliphatic heterocycles. The Balaban J connectivity index is 2.05. The average Bonchev–Trinajstić information content (AvgIpc) is 2.89. The van der Waals surface area contributed by atoms with E-state index in [2.05, 4.69) is 30.3 Å². The quantitative estimate of drug-likeness (QED) is 0.914. The molecule has 0 saturated heterocycles. The summed E-state index contributed by atoms with van der Waals surface area (Å²) in [5, 5.41) is 8.49. The molecule has 0 aromatic carbocycles. The molecule has 0 saturated carbocycles. The highest BCUT2D eigenvalue weighted by Crippen LogP contribution is 2.20. The zero-order valence-electron chi connectivity index (χ0n) is 11.8. The smallest absolute Gasteiger partial charge is 0.125 e. The minimum atomic E-state index is 0.466. The number of nitrogens with zero attached hydrogens (tertiary/aromatic N) is 2. The first kappa shape index (κ1) is 14.2. The number of furan rings is 1. The molecule has 0 unspecified atom stereocenters. The van der Waals surface area contributed by atoms with Gasteiger partial charge in [-0.3, -0.25) is 4.68 Å². The fourth-order valence-corrected chi connectivity index (χ4v) is 2.04. The zero-order chi connectivity index (χ0) is 14.0. The van der Waals surface area contributed by atoms with Gasteiger partial charge in [0.1, 0.15) is 5.76 Å². The second kappa shape index (κ2) is 5.80. The van der Waals surface area contributed by atoms with Gasteiger partial charge in [0.25, 0.3) is 0 Å². The monoisotopic (exact) mass is 281 g/mol. The molecule has 0 radical (unpaired) electrons. The van der Waals surface area contributed by atoms with E-state index in [1.54, 1.807) is 6.26 Å². The highest BCUT2D eigenvalue weighted by atomic mass is 35.5. The van der Waals surface area contributed by atoms with E-state index in [0.29, 0.717) is 12.6 Å². The molecule has 2 aromatic rings. The fraction of sp³-hybridized carbons (Fsp3) is 0.500. The Morgan fingerprint density at radius 2 is 2.16 bits per heavy atom. The van der Waals surface area contributed by atoms with Gasteiger partial charge in [-0.05, 0) is 19.9 Å². The van der Waals surface area contributed by atoms with E-state index in [-0.39, 0.29) is 0 Å². The van der Waals surface area contributed by atoms with E-state index in [4.69, 9.17) is 16.0 Å². The van der Waals surface area contributed by atoms with Crippen molar-refractivity contribution in [1.82, 2.24) is 15.1 Å². The first-order chi connectivity index (χ1) is 8.97. The molecule has 2 heterocycles. The van der Waals surface area contributed by atoms with Crippen LogP contribution in [0.5, 0.6) is 0 Å². The normalized spacial score (nSPS) is 11.5. The summed E-state index contributed by atoms with van der Waals surface area (Å²) in [5.74, 6) is 0.892. The molecule has 0 amide bonds. The third-order valence-electron chi connectivity index (χ3n) is 3.02. The van der Waals surface area contributed by atoms with Crippen LogP contribution in [0.25, 0.3) is 0 Å². The molecule has 0 aliphatic carbocycles. The molecule has 0 spiro atoms. The summed E-state index contributed by atoms with van der Waals surface area (Å²) in [4.78, 5) is 0. The van der Waals surface area contributed by atoms with Gasteiger partial charge in [-0.25, -0.2) is 0 Å². The summed E-state index contributed by atoms with van der Waals surface area (Å²) < 4.78 is 7.43. The Kier molecular flexibility index (Phi) is 4.32. The number of aromatic nitrogens is 2. The van der Waals surface area contributed by atoms with Gasteiger partial charge in [0.15, 0.2) is 0 Å². The topological polar surface area (TPSA) is 43.0 Å². The fourth-order valence-electron chi connectivity index (χ4n) is 1.90. The molecule has 0 atom stereocenters. The maximum Gasteiger partial charge on any atom is 0.125 e. The summed E-state index contributed by atoms with van der Waals surface area (Å²) in [6, 6.07) is 2.52. The number of nitrogens with one attached hydrogen (secondary N) is 1. The first-order valence-electron chi connectivity index (χ1n) is 6.46. The van der Waals surface area contributed by atoms with Crippen molar-refractivity contribution in [1.29, 1.82) is 0 Å². The number of rotatable bonds is 5. The van der Waals surface area contributed by atoms with E-state index in [9.17, 15) is 0 Å². The summed E-state index contributed by atoms with van der Waals surface area (Å²) >= 11 is 6.13. The lowest BCUT2D eigenvalue weighted by Crippen LogP contribution is -2.21. The Labute approximate surface area is 118 Å². The van der Waals surface area contributed by atoms with Crippen molar-refractivity contribution in [2.45, 2.75) is 46.8 Å². The van der Waals surface area contributed by atoms with Crippen molar-refractivity contribution >= 4 is 11.6 Å². The van der Waals surface area contributed by atoms with Crippen LogP contribution in [-0.2, 0) is 13.1 Å².